The molecule has 0 radical (unpaired) electrons. The van der Waals surface area contributed by atoms with Crippen molar-refractivity contribution in [1.82, 2.24) is 0 Å². The summed E-state index contributed by atoms with van der Waals surface area (Å²) in [5.41, 5.74) is 3.18. The largest absolute Gasteiger partial charge is 0.416 e. The molecule has 0 saturated heterocycles. The molecule has 0 saturated carbocycles. The van der Waals surface area contributed by atoms with Gasteiger partial charge in [-0.3, -0.25) is 8.86 Å². The maximum absolute atomic E-state index is 13.4. The second-order valence-electron chi connectivity index (χ2n) is 7.11. The first-order valence-electron chi connectivity index (χ1n) is 9.44. The number of nitrogens with zero attached hydrogens (tertiary/aromatic N) is 1. The van der Waals surface area contributed by atoms with E-state index >= 15 is 0 Å². The van der Waals surface area contributed by atoms with Gasteiger partial charge in [0.1, 0.15) is 0 Å². The van der Waals surface area contributed by atoms with Crippen LogP contribution in [-0.4, -0.2) is 8.76 Å². The number of halogens is 6. The van der Waals surface area contributed by atoms with E-state index in [2.05, 4.69) is 0 Å². The predicted octanol–water partition coefficient (Wildman–Crippen LogP) is 6.11. The molecule has 3 N–H and O–H groups in total. The Labute approximate surface area is 188 Å². The summed E-state index contributed by atoms with van der Waals surface area (Å²) in [6, 6.07) is 14.4. The van der Waals surface area contributed by atoms with Crippen LogP contribution in [0.2, 0.25) is 0 Å². The Morgan fingerprint density at radius 2 is 1.18 bits per heavy atom. The molecule has 176 valence electrons. The quantitative estimate of drug-likeness (QED) is 0.325. The van der Waals surface area contributed by atoms with Crippen LogP contribution in [-0.2, 0) is 23.6 Å². The van der Waals surface area contributed by atoms with Crippen LogP contribution in [0.5, 0.6) is 0 Å². The highest BCUT2D eigenvalue weighted by Gasteiger charge is 2.39. The Morgan fingerprint density at radius 3 is 1.58 bits per heavy atom. The Bertz CT molecular complexity index is 1080. The maximum Gasteiger partial charge on any atom is 0.416 e. The smallest absolute Gasteiger partial charge is 0.322 e. The lowest BCUT2D eigenvalue weighted by molar-refractivity contribution is -0.143. The zero-order valence-corrected chi connectivity index (χ0v) is 17.5. The van der Waals surface area contributed by atoms with Crippen molar-refractivity contribution < 1.29 is 35.1 Å². The Hall–Kier alpha value is -2.89. The van der Waals surface area contributed by atoms with Gasteiger partial charge in [0, 0.05) is 0 Å². The lowest BCUT2D eigenvalue weighted by atomic mass is 9.93. The van der Waals surface area contributed by atoms with Crippen molar-refractivity contribution in [2.75, 3.05) is 4.31 Å². The van der Waals surface area contributed by atoms with E-state index in [4.69, 9.17) is 5.73 Å². The van der Waals surface area contributed by atoms with Crippen LogP contribution >= 0.6 is 0 Å². The third-order valence-corrected chi connectivity index (χ3v) is 5.69. The molecule has 0 aromatic heterocycles. The fraction of sp³-hybridized carbons (Fsp3) is 0.182. The van der Waals surface area contributed by atoms with E-state index in [1.807, 2.05) is 0 Å². The molecule has 3 atom stereocenters. The summed E-state index contributed by atoms with van der Waals surface area (Å²) in [5, 5.41) is 0. The maximum atomic E-state index is 13.4. The highest BCUT2D eigenvalue weighted by atomic mass is 32.2. The molecule has 0 bridgehead atoms. The van der Waals surface area contributed by atoms with Gasteiger partial charge >= 0.3 is 12.4 Å². The van der Waals surface area contributed by atoms with Crippen LogP contribution in [0.25, 0.3) is 0 Å². The van der Waals surface area contributed by atoms with Crippen molar-refractivity contribution in [3.8, 4) is 0 Å². The van der Waals surface area contributed by atoms with Crippen molar-refractivity contribution in [3.05, 3.63) is 101 Å². The summed E-state index contributed by atoms with van der Waals surface area (Å²) in [7, 11) is 0. The number of nitrogens with two attached hydrogens (primary N) is 1. The minimum absolute atomic E-state index is 0.0450. The SMILES string of the molecule is NC(c1ccccc1)[C@@H](c1ccccc1)N(c1cc(C(F)(F)F)cc(C(F)(F)F)c1)S(=O)O. The molecule has 33 heavy (non-hydrogen) atoms. The summed E-state index contributed by atoms with van der Waals surface area (Å²) in [6.45, 7) is 0. The first-order valence-corrected chi connectivity index (χ1v) is 10.5. The number of benzene rings is 3. The third kappa shape index (κ3) is 5.73. The van der Waals surface area contributed by atoms with Gasteiger partial charge in [0.05, 0.1) is 28.9 Å². The Morgan fingerprint density at radius 1 is 0.758 bits per heavy atom. The van der Waals surface area contributed by atoms with E-state index in [9.17, 15) is 35.1 Å². The van der Waals surface area contributed by atoms with E-state index < -0.39 is 52.5 Å². The van der Waals surface area contributed by atoms with Gasteiger partial charge in [-0.1, -0.05) is 60.7 Å². The molecule has 0 aliphatic heterocycles. The average Bonchev–Trinajstić information content (AvgIpc) is 2.76. The first-order chi connectivity index (χ1) is 15.4. The fourth-order valence-corrected chi connectivity index (χ4v) is 4.14. The number of anilines is 1. The molecule has 11 heteroatoms. The second-order valence-corrected chi connectivity index (χ2v) is 7.97. The summed E-state index contributed by atoms with van der Waals surface area (Å²) in [6.07, 6.45) is -10.2. The van der Waals surface area contributed by atoms with Crippen molar-refractivity contribution in [1.29, 1.82) is 0 Å². The zero-order valence-electron chi connectivity index (χ0n) is 16.7. The number of alkyl halides is 6. The van der Waals surface area contributed by atoms with Gasteiger partial charge in [0.25, 0.3) is 11.3 Å². The minimum Gasteiger partial charge on any atom is -0.322 e. The molecule has 0 aliphatic carbocycles. The van der Waals surface area contributed by atoms with E-state index in [0.29, 0.717) is 27.6 Å². The van der Waals surface area contributed by atoms with Gasteiger partial charge in [-0.2, -0.15) is 26.3 Å². The minimum atomic E-state index is -5.12. The standard InChI is InChI=1S/C22H18F6N2O2S/c23-21(24,25)16-11-17(22(26,27)28)13-18(12-16)30(33(31)32)20(15-9-5-2-6-10-15)19(29)14-7-3-1-4-8-14/h1-13,19-20H,29H2,(H,31,32)/t19?,20-/m1/s1. The summed E-state index contributed by atoms with van der Waals surface area (Å²) < 4.78 is 103. The average molecular weight is 488 g/mol. The summed E-state index contributed by atoms with van der Waals surface area (Å²) in [4.78, 5) is 0. The molecule has 3 rings (SSSR count). The van der Waals surface area contributed by atoms with Gasteiger partial charge in [-0.05, 0) is 29.3 Å². The Balaban J connectivity index is 2.26. The van der Waals surface area contributed by atoms with E-state index in [1.165, 1.54) is 12.1 Å². The van der Waals surface area contributed by atoms with Gasteiger partial charge in [0.15, 0.2) is 0 Å². The second kappa shape index (κ2) is 9.54. The van der Waals surface area contributed by atoms with Crippen molar-refractivity contribution in [2.45, 2.75) is 24.4 Å². The molecule has 3 aromatic rings. The van der Waals surface area contributed by atoms with Crippen LogP contribution in [0, 0.1) is 0 Å². The van der Waals surface area contributed by atoms with Crippen LogP contribution in [0.15, 0.2) is 78.9 Å². The van der Waals surface area contributed by atoms with E-state index in [1.54, 1.807) is 48.5 Å². The van der Waals surface area contributed by atoms with Crippen molar-refractivity contribution in [2.24, 2.45) is 5.73 Å². The highest BCUT2D eigenvalue weighted by molar-refractivity contribution is 7.80. The molecular formula is C22H18F6N2O2S. The molecule has 3 aromatic carbocycles. The molecule has 0 fully saturated rings. The summed E-state index contributed by atoms with van der Waals surface area (Å²) >= 11 is -3.03. The molecular weight excluding hydrogens is 470 g/mol. The lowest BCUT2D eigenvalue weighted by Gasteiger charge is -2.35. The van der Waals surface area contributed by atoms with Crippen LogP contribution in [0.4, 0.5) is 32.0 Å². The number of hydrogen-bond acceptors (Lipinski definition) is 2. The monoisotopic (exact) mass is 488 g/mol. The van der Waals surface area contributed by atoms with E-state index in [0.717, 1.165) is 0 Å². The molecule has 0 heterocycles. The normalized spacial score (nSPS) is 15.0. The molecule has 0 aliphatic rings. The number of hydrogen-bond donors (Lipinski definition) is 2. The van der Waals surface area contributed by atoms with Gasteiger partial charge in [-0.25, -0.2) is 4.21 Å². The van der Waals surface area contributed by atoms with Crippen LogP contribution < -0.4 is 10.0 Å². The van der Waals surface area contributed by atoms with Crippen LogP contribution in [0.1, 0.15) is 34.3 Å². The summed E-state index contributed by atoms with van der Waals surface area (Å²) in [5.74, 6) is 0. The molecule has 2 unspecified atom stereocenters. The molecule has 4 nitrogen and oxygen atoms in total. The van der Waals surface area contributed by atoms with E-state index in [-0.39, 0.29) is 6.07 Å². The van der Waals surface area contributed by atoms with Gasteiger partial charge in [-0.15, -0.1) is 0 Å². The van der Waals surface area contributed by atoms with Gasteiger partial charge in [0.2, 0.25) is 0 Å². The lowest BCUT2D eigenvalue weighted by Crippen LogP contribution is -2.38. The Kier molecular flexibility index (Phi) is 7.15. The zero-order chi connectivity index (χ0) is 24.4. The highest BCUT2D eigenvalue weighted by Crippen LogP contribution is 2.42. The van der Waals surface area contributed by atoms with Crippen molar-refractivity contribution in [3.63, 3.8) is 0 Å². The number of rotatable bonds is 6. The first kappa shape index (κ1) is 24.7. The molecule has 0 spiro atoms. The fourth-order valence-electron chi connectivity index (χ4n) is 3.41. The van der Waals surface area contributed by atoms with Crippen molar-refractivity contribution >= 4 is 17.0 Å². The molecule has 0 amide bonds. The third-order valence-electron chi connectivity index (χ3n) is 4.91. The predicted molar refractivity (Wildman–Crippen MR) is 112 cm³/mol. The van der Waals surface area contributed by atoms with Crippen LogP contribution in [0.3, 0.4) is 0 Å². The van der Waals surface area contributed by atoms with Gasteiger partial charge < -0.3 is 5.73 Å². The topological polar surface area (TPSA) is 66.6 Å².